The Morgan fingerprint density at radius 2 is 1.74 bits per heavy atom. The van der Waals surface area contributed by atoms with E-state index in [4.69, 9.17) is 4.42 Å². The van der Waals surface area contributed by atoms with Crippen LogP contribution in [0.2, 0.25) is 0 Å². The fourth-order valence-corrected chi connectivity index (χ4v) is 3.20. The van der Waals surface area contributed by atoms with Gasteiger partial charge in [-0.05, 0) is 34.7 Å². The highest BCUT2D eigenvalue weighted by Crippen LogP contribution is 2.34. The Labute approximate surface area is 156 Å². The van der Waals surface area contributed by atoms with Gasteiger partial charge in [-0.15, -0.1) is 0 Å². The summed E-state index contributed by atoms with van der Waals surface area (Å²) < 4.78 is 5.94. The number of non-ortho nitro benzene ring substituents is 1. The summed E-state index contributed by atoms with van der Waals surface area (Å²) in [5.41, 5.74) is 5.19. The van der Waals surface area contributed by atoms with E-state index in [9.17, 15) is 10.1 Å². The molecule has 0 amide bonds. The zero-order chi connectivity index (χ0) is 19.0. The summed E-state index contributed by atoms with van der Waals surface area (Å²) in [4.78, 5) is 15.4. The normalized spacial score (nSPS) is 11.2. The average Bonchev–Trinajstić information content (AvgIpc) is 3.11. The molecule has 27 heavy (non-hydrogen) atoms. The molecule has 0 saturated heterocycles. The molecule has 134 valence electrons. The maximum absolute atomic E-state index is 11.2. The number of benzene rings is 3. The summed E-state index contributed by atoms with van der Waals surface area (Å²) in [6.07, 6.45) is 0. The van der Waals surface area contributed by atoms with Crippen molar-refractivity contribution < 1.29 is 9.34 Å². The van der Waals surface area contributed by atoms with E-state index in [1.807, 2.05) is 62.4 Å². The largest absolute Gasteiger partial charge is 0.436 e. The lowest BCUT2D eigenvalue weighted by molar-refractivity contribution is -0.384. The third-order valence-electron chi connectivity index (χ3n) is 4.59. The summed E-state index contributed by atoms with van der Waals surface area (Å²) in [5.74, 6) is 0.596. The summed E-state index contributed by atoms with van der Waals surface area (Å²) in [5, 5.41) is 11.2. The van der Waals surface area contributed by atoms with E-state index in [-0.39, 0.29) is 11.6 Å². The van der Waals surface area contributed by atoms with E-state index in [0.29, 0.717) is 17.0 Å². The molecular weight excluding hydrogens is 340 g/mol. The lowest BCUT2D eigenvalue weighted by Crippen LogP contribution is -1.95. The fraction of sp³-hybridized carbons (Fsp3) is 0.136. The number of aromatic nitrogens is 1. The topological polar surface area (TPSA) is 69.2 Å². The number of nitro benzene ring substituents is 1. The predicted molar refractivity (Wildman–Crippen MR) is 106 cm³/mol. The van der Waals surface area contributed by atoms with Crippen molar-refractivity contribution in [2.24, 2.45) is 0 Å². The molecule has 5 nitrogen and oxygen atoms in total. The molecule has 0 fully saturated rings. The van der Waals surface area contributed by atoms with E-state index in [1.165, 1.54) is 12.1 Å². The van der Waals surface area contributed by atoms with Gasteiger partial charge in [-0.2, -0.15) is 0 Å². The minimum Gasteiger partial charge on any atom is -0.436 e. The maximum atomic E-state index is 11.2. The van der Waals surface area contributed by atoms with Gasteiger partial charge in [0, 0.05) is 17.7 Å². The SMILES string of the molecule is CC(C)c1ccc([N+](=O)[O-])cc1-c1nc2cc(-c3ccccc3)ccc2o1. The number of oxazole rings is 1. The van der Waals surface area contributed by atoms with Crippen LogP contribution >= 0.6 is 0 Å². The van der Waals surface area contributed by atoms with Gasteiger partial charge >= 0.3 is 0 Å². The molecule has 0 aliphatic heterocycles. The van der Waals surface area contributed by atoms with Gasteiger partial charge in [0.1, 0.15) is 5.52 Å². The van der Waals surface area contributed by atoms with Crippen molar-refractivity contribution in [1.82, 2.24) is 4.98 Å². The molecule has 4 rings (SSSR count). The highest BCUT2D eigenvalue weighted by Gasteiger charge is 2.19. The van der Waals surface area contributed by atoms with Crippen LogP contribution in [-0.2, 0) is 0 Å². The number of hydrogen-bond acceptors (Lipinski definition) is 4. The highest BCUT2D eigenvalue weighted by molar-refractivity contribution is 5.83. The van der Waals surface area contributed by atoms with Crippen molar-refractivity contribution in [3.63, 3.8) is 0 Å². The van der Waals surface area contributed by atoms with Crippen molar-refractivity contribution in [2.75, 3.05) is 0 Å². The van der Waals surface area contributed by atoms with Crippen LogP contribution in [0.15, 0.2) is 71.1 Å². The van der Waals surface area contributed by atoms with Gasteiger partial charge in [-0.25, -0.2) is 4.98 Å². The zero-order valence-corrected chi connectivity index (χ0v) is 15.0. The zero-order valence-electron chi connectivity index (χ0n) is 15.0. The third-order valence-corrected chi connectivity index (χ3v) is 4.59. The highest BCUT2D eigenvalue weighted by atomic mass is 16.6. The van der Waals surface area contributed by atoms with Crippen LogP contribution in [0.3, 0.4) is 0 Å². The number of rotatable bonds is 4. The number of nitro groups is 1. The Bertz CT molecular complexity index is 1130. The second-order valence-electron chi connectivity index (χ2n) is 6.75. The summed E-state index contributed by atoms with van der Waals surface area (Å²) in [6, 6.07) is 20.7. The van der Waals surface area contributed by atoms with Crippen LogP contribution in [0.1, 0.15) is 25.3 Å². The number of hydrogen-bond donors (Lipinski definition) is 0. The van der Waals surface area contributed by atoms with Gasteiger partial charge in [0.25, 0.3) is 5.69 Å². The van der Waals surface area contributed by atoms with E-state index in [0.717, 1.165) is 22.2 Å². The fourth-order valence-electron chi connectivity index (χ4n) is 3.20. The first-order valence-electron chi connectivity index (χ1n) is 8.77. The molecule has 0 N–H and O–H groups in total. The molecule has 3 aromatic carbocycles. The quantitative estimate of drug-likeness (QED) is 0.322. The Hall–Kier alpha value is -3.47. The van der Waals surface area contributed by atoms with Crippen LogP contribution in [0, 0.1) is 10.1 Å². The Morgan fingerprint density at radius 3 is 2.44 bits per heavy atom. The summed E-state index contributed by atoms with van der Waals surface area (Å²) in [6.45, 7) is 4.08. The van der Waals surface area contributed by atoms with Gasteiger partial charge in [-0.1, -0.05) is 56.3 Å². The van der Waals surface area contributed by atoms with Gasteiger partial charge < -0.3 is 4.42 Å². The van der Waals surface area contributed by atoms with Crippen LogP contribution in [0.25, 0.3) is 33.7 Å². The molecule has 0 atom stereocenters. The minimum atomic E-state index is -0.399. The summed E-state index contributed by atoms with van der Waals surface area (Å²) in [7, 11) is 0. The molecule has 0 bridgehead atoms. The summed E-state index contributed by atoms with van der Waals surface area (Å²) >= 11 is 0. The minimum absolute atomic E-state index is 0.0293. The van der Waals surface area contributed by atoms with E-state index >= 15 is 0 Å². The molecule has 0 radical (unpaired) electrons. The molecule has 0 aliphatic rings. The lowest BCUT2D eigenvalue weighted by Gasteiger charge is -2.09. The molecule has 0 saturated carbocycles. The average molecular weight is 358 g/mol. The van der Waals surface area contributed by atoms with Crippen LogP contribution < -0.4 is 0 Å². The number of nitrogens with zero attached hydrogens (tertiary/aromatic N) is 2. The first kappa shape index (κ1) is 17.0. The van der Waals surface area contributed by atoms with Crippen molar-refractivity contribution in [1.29, 1.82) is 0 Å². The monoisotopic (exact) mass is 358 g/mol. The first-order valence-corrected chi connectivity index (χ1v) is 8.77. The smallest absolute Gasteiger partial charge is 0.270 e. The molecule has 0 spiro atoms. The predicted octanol–water partition coefficient (Wildman–Crippen LogP) is 6.19. The molecular formula is C22H18N2O3. The van der Waals surface area contributed by atoms with E-state index in [2.05, 4.69) is 4.98 Å². The molecule has 4 aromatic rings. The number of fused-ring (bicyclic) bond motifs is 1. The second-order valence-corrected chi connectivity index (χ2v) is 6.75. The van der Waals surface area contributed by atoms with E-state index in [1.54, 1.807) is 6.07 Å². The van der Waals surface area contributed by atoms with E-state index < -0.39 is 4.92 Å². The second kappa shape index (κ2) is 6.68. The Kier molecular flexibility index (Phi) is 4.20. The Balaban J connectivity index is 1.85. The Morgan fingerprint density at radius 1 is 0.963 bits per heavy atom. The maximum Gasteiger partial charge on any atom is 0.270 e. The van der Waals surface area contributed by atoms with Gasteiger partial charge in [-0.3, -0.25) is 10.1 Å². The molecule has 1 heterocycles. The van der Waals surface area contributed by atoms with Gasteiger partial charge in [0.15, 0.2) is 5.58 Å². The molecule has 0 aliphatic carbocycles. The van der Waals surface area contributed by atoms with Crippen molar-refractivity contribution >= 4 is 16.8 Å². The van der Waals surface area contributed by atoms with Crippen molar-refractivity contribution in [3.05, 3.63) is 82.4 Å². The molecule has 5 heteroatoms. The van der Waals surface area contributed by atoms with Crippen LogP contribution in [-0.4, -0.2) is 9.91 Å². The molecule has 1 aromatic heterocycles. The van der Waals surface area contributed by atoms with Crippen LogP contribution in [0.5, 0.6) is 0 Å². The first-order chi connectivity index (χ1) is 13.0. The van der Waals surface area contributed by atoms with Crippen LogP contribution in [0.4, 0.5) is 5.69 Å². The van der Waals surface area contributed by atoms with Crippen molar-refractivity contribution in [2.45, 2.75) is 19.8 Å². The lowest BCUT2D eigenvalue weighted by atomic mass is 9.96. The van der Waals surface area contributed by atoms with Gasteiger partial charge in [0.05, 0.1) is 4.92 Å². The molecule has 0 unspecified atom stereocenters. The van der Waals surface area contributed by atoms with Crippen molar-refractivity contribution in [3.8, 4) is 22.6 Å². The standard InChI is InChI=1S/C22H18N2O3/c1-14(2)18-10-9-17(24(25)26)13-19(18)22-23-20-12-16(8-11-21(20)27-22)15-6-4-3-5-7-15/h3-14H,1-2H3. The van der Waals surface area contributed by atoms with Gasteiger partial charge in [0.2, 0.25) is 5.89 Å². The third kappa shape index (κ3) is 3.19.